The fourth-order valence-corrected chi connectivity index (χ4v) is 4.41. The predicted octanol–water partition coefficient (Wildman–Crippen LogP) is 4.40. The van der Waals surface area contributed by atoms with Crippen LogP contribution in [0.3, 0.4) is 0 Å². The molecule has 7 nitrogen and oxygen atoms in total. The highest BCUT2D eigenvalue weighted by Gasteiger charge is 2.14. The number of Topliss-reactive ketones (excluding diaryl/α,β-unsaturated/α-hetero) is 2. The van der Waals surface area contributed by atoms with Crippen molar-refractivity contribution in [3.05, 3.63) is 125 Å². The van der Waals surface area contributed by atoms with E-state index in [1.165, 1.54) is 18.7 Å². The highest BCUT2D eigenvalue weighted by Crippen LogP contribution is 2.19. The van der Waals surface area contributed by atoms with E-state index in [1.54, 1.807) is 36.4 Å². The van der Waals surface area contributed by atoms with Gasteiger partial charge < -0.3 is 9.64 Å². The van der Waals surface area contributed by atoms with Crippen LogP contribution in [0.4, 0.5) is 5.69 Å². The van der Waals surface area contributed by atoms with Crippen molar-refractivity contribution < 1.29 is 19.1 Å². The third kappa shape index (κ3) is 6.07. The fraction of sp³-hybridized carbons (Fsp3) is 0.194. The van der Waals surface area contributed by atoms with Crippen molar-refractivity contribution >= 4 is 23.0 Å². The second-order valence-electron chi connectivity index (χ2n) is 9.20. The van der Waals surface area contributed by atoms with Gasteiger partial charge in [0.15, 0.2) is 17.3 Å². The Labute approximate surface area is 221 Å². The summed E-state index contributed by atoms with van der Waals surface area (Å²) in [5.41, 5.74) is 4.95. The standard InChI is InChI=1S/C31H27N3O4/c35-29(24-9-11-28(12-10-24)34-13-15-38-16-14-34)17-22-1-5-25(6-2-22)31(37)26-7-3-23(4-8-26)18-30(36)27-19-32-21-33-20-27/h1-12,19-21H,13-18H2. The number of carbonyl (C=O) groups excluding carboxylic acids is 3. The van der Waals surface area contributed by atoms with Gasteiger partial charge in [0, 0.05) is 60.7 Å². The summed E-state index contributed by atoms with van der Waals surface area (Å²) in [6.07, 6.45) is 4.84. The molecule has 3 aromatic carbocycles. The fourth-order valence-electron chi connectivity index (χ4n) is 4.41. The number of benzene rings is 3. The molecule has 1 aliphatic heterocycles. The van der Waals surface area contributed by atoms with Gasteiger partial charge >= 0.3 is 0 Å². The molecule has 1 saturated heterocycles. The zero-order valence-corrected chi connectivity index (χ0v) is 20.9. The molecule has 0 spiro atoms. The Balaban J connectivity index is 1.17. The molecule has 2 heterocycles. The van der Waals surface area contributed by atoms with Crippen LogP contribution < -0.4 is 4.90 Å². The zero-order chi connectivity index (χ0) is 26.3. The van der Waals surface area contributed by atoms with Gasteiger partial charge in [-0.15, -0.1) is 0 Å². The molecule has 4 aromatic rings. The van der Waals surface area contributed by atoms with Gasteiger partial charge in [0.2, 0.25) is 0 Å². The molecule has 0 saturated carbocycles. The van der Waals surface area contributed by atoms with Gasteiger partial charge in [-0.3, -0.25) is 14.4 Å². The van der Waals surface area contributed by atoms with E-state index in [-0.39, 0.29) is 30.2 Å². The number of anilines is 1. The van der Waals surface area contributed by atoms with E-state index in [0.29, 0.717) is 22.3 Å². The van der Waals surface area contributed by atoms with Crippen LogP contribution in [0, 0.1) is 0 Å². The summed E-state index contributed by atoms with van der Waals surface area (Å²) < 4.78 is 5.40. The first-order valence-corrected chi connectivity index (χ1v) is 12.5. The minimum absolute atomic E-state index is 0.0322. The molecule has 190 valence electrons. The summed E-state index contributed by atoms with van der Waals surface area (Å²) in [4.78, 5) is 48.1. The minimum atomic E-state index is -0.115. The number of ketones is 3. The topological polar surface area (TPSA) is 89.5 Å². The van der Waals surface area contributed by atoms with Crippen molar-refractivity contribution in [2.75, 3.05) is 31.2 Å². The second kappa shape index (κ2) is 11.7. The molecule has 0 N–H and O–H groups in total. The van der Waals surface area contributed by atoms with E-state index < -0.39 is 0 Å². The summed E-state index contributed by atoms with van der Waals surface area (Å²) in [6, 6.07) is 21.9. The Morgan fingerprint density at radius 2 is 1.11 bits per heavy atom. The highest BCUT2D eigenvalue weighted by atomic mass is 16.5. The lowest BCUT2D eigenvalue weighted by Gasteiger charge is -2.28. The van der Waals surface area contributed by atoms with Gasteiger partial charge in [-0.2, -0.15) is 0 Å². The molecule has 0 amide bonds. The Morgan fingerprint density at radius 1 is 0.632 bits per heavy atom. The average molecular weight is 506 g/mol. The molecule has 38 heavy (non-hydrogen) atoms. The molecule has 5 rings (SSSR count). The van der Waals surface area contributed by atoms with E-state index in [4.69, 9.17) is 4.74 Å². The first kappa shape index (κ1) is 25.2. The van der Waals surface area contributed by atoms with E-state index in [9.17, 15) is 14.4 Å². The largest absolute Gasteiger partial charge is 0.378 e. The molecular formula is C31H27N3O4. The molecule has 1 aromatic heterocycles. The van der Waals surface area contributed by atoms with Crippen molar-refractivity contribution in [3.63, 3.8) is 0 Å². The van der Waals surface area contributed by atoms with E-state index in [1.807, 2.05) is 36.4 Å². The molecule has 1 aliphatic rings. The van der Waals surface area contributed by atoms with Crippen LogP contribution in [0.2, 0.25) is 0 Å². The average Bonchev–Trinajstić information content (AvgIpc) is 2.98. The monoisotopic (exact) mass is 505 g/mol. The lowest BCUT2D eigenvalue weighted by atomic mass is 9.97. The maximum absolute atomic E-state index is 13.0. The van der Waals surface area contributed by atoms with Gasteiger partial charge in [-0.1, -0.05) is 48.5 Å². The van der Waals surface area contributed by atoms with Gasteiger partial charge in [-0.05, 0) is 35.4 Å². The maximum Gasteiger partial charge on any atom is 0.193 e. The van der Waals surface area contributed by atoms with E-state index >= 15 is 0 Å². The summed E-state index contributed by atoms with van der Waals surface area (Å²) in [5, 5.41) is 0. The molecule has 0 aliphatic carbocycles. The number of hydrogen-bond acceptors (Lipinski definition) is 7. The van der Waals surface area contributed by atoms with Crippen LogP contribution in [0.15, 0.2) is 91.5 Å². The minimum Gasteiger partial charge on any atom is -0.378 e. The van der Waals surface area contributed by atoms with Crippen LogP contribution in [-0.2, 0) is 17.6 Å². The highest BCUT2D eigenvalue weighted by molar-refractivity contribution is 6.09. The SMILES string of the molecule is O=C(Cc1ccc(C(=O)c2ccc(CC(=O)c3cncnc3)cc2)cc1)c1ccc(N2CCOCC2)cc1. The molecule has 0 unspecified atom stereocenters. The lowest BCUT2D eigenvalue weighted by molar-refractivity contribution is 0.0984. The van der Waals surface area contributed by atoms with Crippen molar-refractivity contribution in [3.8, 4) is 0 Å². The smallest absolute Gasteiger partial charge is 0.193 e. The van der Waals surface area contributed by atoms with Crippen molar-refractivity contribution in [2.45, 2.75) is 12.8 Å². The van der Waals surface area contributed by atoms with Crippen LogP contribution in [0.1, 0.15) is 47.8 Å². The first-order valence-electron chi connectivity index (χ1n) is 12.5. The van der Waals surface area contributed by atoms with Gasteiger partial charge in [-0.25, -0.2) is 9.97 Å². The third-order valence-electron chi connectivity index (χ3n) is 6.61. The molecule has 7 heteroatoms. The van der Waals surface area contributed by atoms with Crippen LogP contribution in [-0.4, -0.2) is 53.6 Å². The number of nitrogens with zero attached hydrogens (tertiary/aromatic N) is 3. The van der Waals surface area contributed by atoms with Crippen molar-refractivity contribution in [2.24, 2.45) is 0 Å². The van der Waals surface area contributed by atoms with Crippen LogP contribution >= 0.6 is 0 Å². The molecule has 0 bridgehead atoms. The zero-order valence-electron chi connectivity index (χ0n) is 20.9. The molecule has 1 fully saturated rings. The maximum atomic E-state index is 13.0. The summed E-state index contributed by atoms with van der Waals surface area (Å²) in [6.45, 7) is 3.14. The quantitative estimate of drug-likeness (QED) is 0.312. The number of aromatic nitrogens is 2. The third-order valence-corrected chi connectivity index (χ3v) is 6.61. The van der Waals surface area contributed by atoms with Gasteiger partial charge in [0.1, 0.15) is 6.33 Å². The summed E-state index contributed by atoms with van der Waals surface area (Å²) in [7, 11) is 0. The number of carbonyl (C=O) groups is 3. The van der Waals surface area contributed by atoms with Crippen LogP contribution in [0.25, 0.3) is 0 Å². The molecule has 0 atom stereocenters. The molecular weight excluding hydrogens is 478 g/mol. The lowest BCUT2D eigenvalue weighted by Crippen LogP contribution is -2.36. The van der Waals surface area contributed by atoms with Crippen LogP contribution in [0.5, 0.6) is 0 Å². The summed E-state index contributed by atoms with van der Waals surface area (Å²) in [5.74, 6) is -0.163. The van der Waals surface area contributed by atoms with Gasteiger partial charge in [0.05, 0.1) is 18.8 Å². The number of rotatable bonds is 9. The first-order chi connectivity index (χ1) is 18.6. The Kier molecular flexibility index (Phi) is 7.75. The normalized spacial score (nSPS) is 13.2. The summed E-state index contributed by atoms with van der Waals surface area (Å²) >= 11 is 0. The van der Waals surface area contributed by atoms with E-state index in [2.05, 4.69) is 14.9 Å². The Hall–Kier alpha value is -4.49. The Bertz CT molecular complexity index is 1410. The van der Waals surface area contributed by atoms with Crippen molar-refractivity contribution in [1.29, 1.82) is 0 Å². The predicted molar refractivity (Wildman–Crippen MR) is 144 cm³/mol. The number of hydrogen-bond donors (Lipinski definition) is 0. The van der Waals surface area contributed by atoms with E-state index in [0.717, 1.165) is 43.1 Å². The van der Waals surface area contributed by atoms with Gasteiger partial charge in [0.25, 0.3) is 0 Å². The Morgan fingerprint density at radius 3 is 1.63 bits per heavy atom. The number of morpholine rings is 1. The van der Waals surface area contributed by atoms with Crippen molar-refractivity contribution in [1.82, 2.24) is 9.97 Å². The second-order valence-corrected chi connectivity index (χ2v) is 9.20. The number of ether oxygens (including phenoxy) is 1. The molecule has 0 radical (unpaired) electrons.